The zero-order chi connectivity index (χ0) is 68.4. The third-order valence-corrected chi connectivity index (χ3v) is 19.5. The minimum absolute atomic E-state index is 0.102. The summed E-state index contributed by atoms with van der Waals surface area (Å²) in [6, 6.07) is 0. The van der Waals surface area contributed by atoms with Gasteiger partial charge in [-0.05, 0) is 31.6 Å². The van der Waals surface area contributed by atoms with Crippen molar-refractivity contribution in [1.82, 2.24) is 0 Å². The van der Waals surface area contributed by atoms with Crippen LogP contribution < -0.4 is 0 Å². The van der Waals surface area contributed by atoms with Crippen molar-refractivity contribution in [2.75, 3.05) is 39.6 Å². The summed E-state index contributed by atoms with van der Waals surface area (Å²) in [6.07, 6.45) is 56.2. The predicted octanol–water partition coefficient (Wildman–Crippen LogP) is 21.7. The average molecular weight is 1370 g/mol. The number of aliphatic hydroxyl groups excluding tert-OH is 1. The lowest BCUT2D eigenvalue weighted by Crippen LogP contribution is -2.30. The summed E-state index contributed by atoms with van der Waals surface area (Å²) in [7, 11) is -9.89. The van der Waals surface area contributed by atoms with Crippen molar-refractivity contribution in [3.63, 3.8) is 0 Å². The maximum Gasteiger partial charge on any atom is 0.472 e. The summed E-state index contributed by atoms with van der Waals surface area (Å²) in [6.45, 7) is 7.13. The lowest BCUT2D eigenvalue weighted by atomic mass is 10.00. The molecule has 93 heavy (non-hydrogen) atoms. The van der Waals surface area contributed by atoms with E-state index in [0.717, 1.165) is 102 Å². The molecule has 0 saturated carbocycles. The summed E-state index contributed by atoms with van der Waals surface area (Å²) < 4.78 is 68.2. The van der Waals surface area contributed by atoms with Crippen LogP contribution in [0.5, 0.6) is 0 Å². The van der Waals surface area contributed by atoms with Crippen LogP contribution in [0.4, 0.5) is 0 Å². The van der Waals surface area contributed by atoms with E-state index in [1.807, 2.05) is 0 Å². The Hall–Kier alpha value is -1.94. The maximum atomic E-state index is 13.1. The van der Waals surface area contributed by atoms with Crippen molar-refractivity contribution in [3.8, 4) is 0 Å². The largest absolute Gasteiger partial charge is 0.472 e. The number of unbranched alkanes of at least 4 members (excludes halogenated alkanes) is 45. The van der Waals surface area contributed by atoms with Crippen LogP contribution in [0.3, 0.4) is 0 Å². The summed E-state index contributed by atoms with van der Waals surface area (Å²) in [4.78, 5) is 72.4. The molecule has 19 heteroatoms. The maximum absolute atomic E-state index is 13.1. The van der Waals surface area contributed by atoms with Gasteiger partial charge in [0.05, 0.1) is 26.4 Å². The first-order valence-electron chi connectivity index (χ1n) is 38.7. The van der Waals surface area contributed by atoms with Crippen molar-refractivity contribution in [2.24, 2.45) is 5.92 Å². The first kappa shape index (κ1) is 91.1. The third kappa shape index (κ3) is 67.0. The molecule has 552 valence electrons. The van der Waals surface area contributed by atoms with Crippen molar-refractivity contribution >= 4 is 39.5 Å². The molecule has 0 aromatic rings. The fourth-order valence-corrected chi connectivity index (χ4v) is 12.9. The average Bonchev–Trinajstić information content (AvgIpc) is 3.28. The van der Waals surface area contributed by atoms with Crippen LogP contribution >= 0.6 is 15.6 Å². The molecule has 0 aromatic carbocycles. The number of hydrogen-bond acceptors (Lipinski definition) is 15. The zero-order valence-electron chi connectivity index (χ0n) is 60.4. The lowest BCUT2D eigenvalue weighted by molar-refractivity contribution is -0.161. The second kappa shape index (κ2) is 67.3. The Morgan fingerprint density at radius 3 is 0.763 bits per heavy atom. The molecule has 0 heterocycles. The number of carbonyl (C=O) groups excluding carboxylic acids is 4. The quantitative estimate of drug-likeness (QED) is 0.0222. The molecule has 0 bridgehead atoms. The molecule has 0 aliphatic heterocycles. The first-order valence-corrected chi connectivity index (χ1v) is 41.7. The second-order valence-electron chi connectivity index (χ2n) is 26.9. The summed E-state index contributed by atoms with van der Waals surface area (Å²) in [5.41, 5.74) is 0. The number of carbonyl (C=O) groups is 4. The number of phosphoric ester groups is 2. The highest BCUT2D eigenvalue weighted by Crippen LogP contribution is 2.45. The van der Waals surface area contributed by atoms with Gasteiger partial charge in [-0.15, -0.1) is 0 Å². The fourth-order valence-electron chi connectivity index (χ4n) is 11.3. The van der Waals surface area contributed by atoms with Gasteiger partial charge in [0, 0.05) is 25.7 Å². The van der Waals surface area contributed by atoms with Crippen LogP contribution in [0.1, 0.15) is 388 Å². The Balaban J connectivity index is 5.12. The van der Waals surface area contributed by atoms with Gasteiger partial charge < -0.3 is 33.8 Å². The molecule has 0 saturated heterocycles. The van der Waals surface area contributed by atoms with Crippen LogP contribution in [0.25, 0.3) is 0 Å². The Morgan fingerprint density at radius 1 is 0.301 bits per heavy atom. The summed E-state index contributed by atoms with van der Waals surface area (Å²) >= 11 is 0. The van der Waals surface area contributed by atoms with Crippen LogP contribution in [0.15, 0.2) is 0 Å². The topological polar surface area (TPSA) is 237 Å². The molecule has 17 nitrogen and oxygen atoms in total. The zero-order valence-corrected chi connectivity index (χ0v) is 62.2. The van der Waals surface area contributed by atoms with E-state index in [4.69, 9.17) is 37.0 Å². The Bertz CT molecular complexity index is 1790. The Morgan fingerprint density at radius 2 is 0.516 bits per heavy atom. The van der Waals surface area contributed by atoms with Crippen LogP contribution in [-0.4, -0.2) is 96.7 Å². The van der Waals surface area contributed by atoms with E-state index in [-0.39, 0.29) is 25.7 Å². The van der Waals surface area contributed by atoms with Gasteiger partial charge in [-0.25, -0.2) is 9.13 Å². The molecule has 0 spiro atoms. The predicted molar refractivity (Wildman–Crippen MR) is 377 cm³/mol. The van der Waals surface area contributed by atoms with Crippen LogP contribution in [0.2, 0.25) is 0 Å². The molecule has 0 aliphatic carbocycles. The van der Waals surface area contributed by atoms with E-state index in [1.54, 1.807) is 0 Å². The third-order valence-electron chi connectivity index (χ3n) is 17.6. The van der Waals surface area contributed by atoms with Gasteiger partial charge in [-0.1, -0.05) is 336 Å². The van der Waals surface area contributed by atoms with E-state index < -0.39 is 97.5 Å². The van der Waals surface area contributed by atoms with E-state index in [1.165, 1.54) is 205 Å². The van der Waals surface area contributed by atoms with Crippen molar-refractivity contribution in [3.05, 3.63) is 0 Å². The smallest absolute Gasteiger partial charge is 0.462 e. The van der Waals surface area contributed by atoms with Gasteiger partial charge in [0.25, 0.3) is 0 Å². The monoisotopic (exact) mass is 1370 g/mol. The minimum Gasteiger partial charge on any atom is -0.462 e. The molecule has 3 unspecified atom stereocenters. The van der Waals surface area contributed by atoms with E-state index in [0.29, 0.717) is 25.7 Å². The molecule has 0 rings (SSSR count). The van der Waals surface area contributed by atoms with Gasteiger partial charge in [0.2, 0.25) is 0 Å². The van der Waals surface area contributed by atoms with Gasteiger partial charge in [0.1, 0.15) is 19.3 Å². The molecule has 3 N–H and O–H groups in total. The standard InChI is InChI=1S/C74H144O17P2/c1-6-10-13-16-18-20-22-24-26-28-30-32-34-36-38-40-42-48-53-58-72(77)85-64-70(90-73(78)59-54-49-43-41-39-37-35-33-31-29-27-25-23-21-19-17-14-11-7-2)66-89-93(82,83)87-62-68(75)61-86-92(80,81)88-65-69(63-84-71(76)57-52-46-15-12-8-3)91-74(79)60-55-50-45-44-47-51-56-67(5)9-4/h67-70,75H,6-66H2,1-5H3,(H,80,81)(H,82,83)/t67?,68-,69+,70+/m0/s1. The highest BCUT2D eigenvalue weighted by Gasteiger charge is 2.30. The molecule has 0 aliphatic rings. The number of esters is 4. The van der Waals surface area contributed by atoms with Gasteiger partial charge in [-0.3, -0.25) is 37.3 Å². The second-order valence-corrected chi connectivity index (χ2v) is 29.8. The summed E-state index contributed by atoms with van der Waals surface area (Å²) in [5.74, 6) is -1.41. The van der Waals surface area contributed by atoms with Gasteiger partial charge in [-0.2, -0.15) is 0 Å². The highest BCUT2D eigenvalue weighted by molar-refractivity contribution is 7.47. The number of aliphatic hydroxyl groups is 1. The van der Waals surface area contributed by atoms with Crippen LogP contribution in [-0.2, 0) is 65.4 Å². The highest BCUT2D eigenvalue weighted by atomic mass is 31.2. The number of ether oxygens (including phenoxy) is 4. The Kier molecular flexibility index (Phi) is 65.9. The van der Waals surface area contributed by atoms with Gasteiger partial charge in [0.15, 0.2) is 12.2 Å². The van der Waals surface area contributed by atoms with Crippen molar-refractivity contribution in [1.29, 1.82) is 0 Å². The van der Waals surface area contributed by atoms with E-state index in [2.05, 4.69) is 34.6 Å². The fraction of sp³-hybridized carbons (Fsp3) is 0.946. The first-order chi connectivity index (χ1) is 45.1. The van der Waals surface area contributed by atoms with Crippen molar-refractivity contribution < 1.29 is 80.2 Å². The van der Waals surface area contributed by atoms with E-state index in [9.17, 15) is 43.2 Å². The molecule has 0 fully saturated rings. The Labute approximate surface area is 568 Å². The molecular weight excluding hydrogens is 1220 g/mol. The van der Waals surface area contributed by atoms with Crippen LogP contribution in [0, 0.1) is 5.92 Å². The molecular formula is C74H144O17P2. The molecule has 0 amide bonds. The SMILES string of the molecule is CCCCCCCCCCCCCCCCCCCCCC(=O)OC[C@H](COP(=O)(O)OC[C@@H](O)COP(=O)(O)OC[C@@H](COC(=O)CCCCCCC)OC(=O)CCCCCCCCC(C)CC)OC(=O)CCCCCCCCCCCCCCCCCCCCC. The molecule has 0 radical (unpaired) electrons. The van der Waals surface area contributed by atoms with Crippen molar-refractivity contribution in [2.45, 2.75) is 406 Å². The number of rotatable bonds is 74. The normalized spacial score (nSPS) is 14.3. The molecule has 6 atom stereocenters. The number of hydrogen-bond donors (Lipinski definition) is 3. The number of phosphoric acid groups is 2. The lowest BCUT2D eigenvalue weighted by Gasteiger charge is -2.21. The minimum atomic E-state index is -4.95. The summed E-state index contributed by atoms with van der Waals surface area (Å²) in [5, 5.41) is 10.6. The molecule has 0 aromatic heterocycles. The van der Waals surface area contributed by atoms with Gasteiger partial charge >= 0.3 is 39.5 Å². The van der Waals surface area contributed by atoms with E-state index >= 15 is 0 Å².